The number of rotatable bonds is 5. The van der Waals surface area contributed by atoms with E-state index in [4.69, 9.17) is 0 Å². The Morgan fingerprint density at radius 2 is 1.77 bits per heavy atom. The Morgan fingerprint density at radius 1 is 1.14 bits per heavy atom. The Labute approximate surface area is 129 Å². The van der Waals surface area contributed by atoms with E-state index in [1.165, 1.54) is 25.0 Å². The van der Waals surface area contributed by atoms with E-state index in [0.717, 1.165) is 31.2 Å². The van der Waals surface area contributed by atoms with Crippen molar-refractivity contribution >= 4 is 6.03 Å². The number of hydrogen-bond donors (Lipinski definition) is 2. The topological polar surface area (TPSA) is 50.4 Å². The fourth-order valence-corrected chi connectivity index (χ4v) is 2.63. The molecular formula is C16H22F2N2O2. The summed E-state index contributed by atoms with van der Waals surface area (Å²) in [5, 5.41) is 5.78. The summed E-state index contributed by atoms with van der Waals surface area (Å²) in [6, 6.07) is 6.32. The van der Waals surface area contributed by atoms with Crippen LogP contribution in [0.4, 0.5) is 13.6 Å². The molecule has 1 saturated carbocycles. The molecule has 22 heavy (non-hydrogen) atoms. The van der Waals surface area contributed by atoms with E-state index in [1.807, 2.05) is 0 Å². The summed E-state index contributed by atoms with van der Waals surface area (Å²) in [4.78, 5) is 11.9. The van der Waals surface area contributed by atoms with Gasteiger partial charge in [-0.3, -0.25) is 0 Å². The lowest BCUT2D eigenvalue weighted by molar-refractivity contribution is -0.0498. The molecule has 2 amide bonds. The highest BCUT2D eigenvalue weighted by Gasteiger charge is 2.14. The molecule has 1 aromatic rings. The van der Waals surface area contributed by atoms with Crippen molar-refractivity contribution in [1.82, 2.24) is 10.6 Å². The number of hydrogen-bond acceptors (Lipinski definition) is 2. The molecule has 2 rings (SSSR count). The molecule has 0 saturated heterocycles. The van der Waals surface area contributed by atoms with Crippen LogP contribution >= 0.6 is 0 Å². The van der Waals surface area contributed by atoms with Gasteiger partial charge in [-0.2, -0.15) is 8.78 Å². The fraction of sp³-hybridized carbons (Fsp3) is 0.562. The van der Waals surface area contributed by atoms with Crippen molar-refractivity contribution in [2.45, 2.75) is 57.7 Å². The second-order valence-electron chi connectivity index (χ2n) is 5.54. The number of nitrogens with one attached hydrogen (secondary N) is 2. The zero-order valence-corrected chi connectivity index (χ0v) is 12.5. The second-order valence-corrected chi connectivity index (χ2v) is 5.54. The normalized spacial score (nSPS) is 16.1. The number of alkyl halides is 2. The van der Waals surface area contributed by atoms with Gasteiger partial charge in [-0.1, -0.05) is 37.8 Å². The van der Waals surface area contributed by atoms with E-state index < -0.39 is 6.61 Å². The third-order valence-corrected chi connectivity index (χ3v) is 3.79. The van der Waals surface area contributed by atoms with Crippen LogP contribution in [0.1, 0.15) is 44.1 Å². The summed E-state index contributed by atoms with van der Waals surface area (Å²) >= 11 is 0. The van der Waals surface area contributed by atoms with Crippen LogP contribution in [-0.2, 0) is 6.54 Å². The van der Waals surface area contributed by atoms with E-state index in [-0.39, 0.29) is 17.8 Å². The van der Waals surface area contributed by atoms with E-state index in [0.29, 0.717) is 6.54 Å². The lowest BCUT2D eigenvalue weighted by Crippen LogP contribution is -2.41. The monoisotopic (exact) mass is 312 g/mol. The van der Waals surface area contributed by atoms with E-state index in [2.05, 4.69) is 15.4 Å². The van der Waals surface area contributed by atoms with Gasteiger partial charge in [0.25, 0.3) is 0 Å². The lowest BCUT2D eigenvalue weighted by atomic mass is 10.1. The van der Waals surface area contributed by atoms with Crippen molar-refractivity contribution in [2.24, 2.45) is 0 Å². The first-order valence-electron chi connectivity index (χ1n) is 7.71. The van der Waals surface area contributed by atoms with Gasteiger partial charge in [-0.05, 0) is 30.5 Å². The van der Waals surface area contributed by atoms with Crippen LogP contribution in [0.5, 0.6) is 5.75 Å². The van der Waals surface area contributed by atoms with Crippen LogP contribution < -0.4 is 15.4 Å². The summed E-state index contributed by atoms with van der Waals surface area (Å²) in [6.45, 7) is -2.47. The standard InChI is InChI=1S/C16H22F2N2O2/c17-15(18)22-14-9-7-12(8-10-14)11-19-16(21)20-13-5-3-1-2-4-6-13/h7-10,13,15H,1-6,11H2,(H2,19,20,21). The molecule has 0 atom stereocenters. The first-order chi connectivity index (χ1) is 10.6. The number of carbonyl (C=O) groups excluding carboxylic acids is 1. The molecule has 0 spiro atoms. The van der Waals surface area contributed by atoms with E-state index >= 15 is 0 Å². The first-order valence-corrected chi connectivity index (χ1v) is 7.71. The molecule has 1 fully saturated rings. The molecule has 0 unspecified atom stereocenters. The van der Waals surface area contributed by atoms with E-state index in [1.54, 1.807) is 12.1 Å². The summed E-state index contributed by atoms with van der Waals surface area (Å²) < 4.78 is 28.4. The molecule has 6 heteroatoms. The molecule has 1 aromatic carbocycles. The van der Waals surface area contributed by atoms with Crippen molar-refractivity contribution in [3.8, 4) is 5.75 Å². The van der Waals surface area contributed by atoms with Gasteiger partial charge in [0.15, 0.2) is 0 Å². The highest BCUT2D eigenvalue weighted by molar-refractivity contribution is 5.74. The minimum absolute atomic E-state index is 0.113. The lowest BCUT2D eigenvalue weighted by Gasteiger charge is -2.16. The Balaban J connectivity index is 1.73. The summed E-state index contributed by atoms with van der Waals surface area (Å²) in [7, 11) is 0. The summed E-state index contributed by atoms with van der Waals surface area (Å²) in [5.74, 6) is 0.113. The van der Waals surface area contributed by atoms with Gasteiger partial charge in [0.2, 0.25) is 0 Å². The highest BCUT2D eigenvalue weighted by Crippen LogP contribution is 2.17. The molecule has 0 heterocycles. The number of benzene rings is 1. The van der Waals surface area contributed by atoms with Gasteiger partial charge >= 0.3 is 12.6 Å². The minimum atomic E-state index is -2.82. The predicted octanol–water partition coefficient (Wildman–Crippen LogP) is 3.81. The average Bonchev–Trinajstić information content (AvgIpc) is 2.74. The van der Waals surface area contributed by atoms with Crippen LogP contribution in [0.25, 0.3) is 0 Å². The van der Waals surface area contributed by atoms with Crippen molar-refractivity contribution < 1.29 is 18.3 Å². The summed E-state index contributed by atoms with van der Waals surface area (Å²) in [5.41, 5.74) is 0.831. The maximum atomic E-state index is 12.0. The Bertz CT molecular complexity index is 458. The molecule has 0 radical (unpaired) electrons. The third-order valence-electron chi connectivity index (χ3n) is 3.79. The minimum Gasteiger partial charge on any atom is -0.435 e. The molecule has 0 aromatic heterocycles. The maximum absolute atomic E-state index is 12.0. The maximum Gasteiger partial charge on any atom is 0.387 e. The van der Waals surface area contributed by atoms with Gasteiger partial charge < -0.3 is 15.4 Å². The SMILES string of the molecule is O=C(NCc1ccc(OC(F)F)cc1)NC1CCCCCC1. The number of halogens is 2. The first kappa shape index (κ1) is 16.5. The number of ether oxygens (including phenoxy) is 1. The Hall–Kier alpha value is -1.85. The molecule has 0 bridgehead atoms. The second kappa shape index (κ2) is 8.56. The number of amides is 2. The van der Waals surface area contributed by atoms with E-state index in [9.17, 15) is 13.6 Å². The molecule has 1 aliphatic rings. The third kappa shape index (κ3) is 5.87. The van der Waals surface area contributed by atoms with Crippen LogP contribution in [0.15, 0.2) is 24.3 Å². The van der Waals surface area contributed by atoms with Crippen LogP contribution in [0.3, 0.4) is 0 Å². The Kier molecular flexibility index (Phi) is 6.43. The fourth-order valence-electron chi connectivity index (χ4n) is 2.63. The number of urea groups is 1. The Morgan fingerprint density at radius 3 is 2.36 bits per heavy atom. The van der Waals surface area contributed by atoms with Crippen LogP contribution in [-0.4, -0.2) is 18.7 Å². The van der Waals surface area contributed by atoms with Crippen molar-refractivity contribution in [3.63, 3.8) is 0 Å². The van der Waals surface area contributed by atoms with Gasteiger partial charge in [0.1, 0.15) is 5.75 Å². The van der Waals surface area contributed by atoms with Gasteiger partial charge in [0, 0.05) is 12.6 Å². The van der Waals surface area contributed by atoms with Gasteiger partial charge in [0.05, 0.1) is 0 Å². The zero-order valence-electron chi connectivity index (χ0n) is 12.5. The van der Waals surface area contributed by atoms with Crippen molar-refractivity contribution in [3.05, 3.63) is 29.8 Å². The van der Waals surface area contributed by atoms with Crippen molar-refractivity contribution in [2.75, 3.05) is 0 Å². The highest BCUT2D eigenvalue weighted by atomic mass is 19.3. The molecule has 1 aliphatic carbocycles. The molecule has 122 valence electrons. The average molecular weight is 312 g/mol. The smallest absolute Gasteiger partial charge is 0.387 e. The molecule has 2 N–H and O–H groups in total. The quantitative estimate of drug-likeness (QED) is 0.812. The predicted molar refractivity (Wildman–Crippen MR) is 79.9 cm³/mol. The zero-order chi connectivity index (χ0) is 15.8. The largest absolute Gasteiger partial charge is 0.435 e. The van der Waals surface area contributed by atoms with Gasteiger partial charge in [-0.15, -0.1) is 0 Å². The van der Waals surface area contributed by atoms with Crippen LogP contribution in [0, 0.1) is 0 Å². The molecular weight excluding hydrogens is 290 g/mol. The number of carbonyl (C=O) groups is 1. The van der Waals surface area contributed by atoms with Gasteiger partial charge in [-0.25, -0.2) is 4.79 Å². The summed E-state index contributed by atoms with van der Waals surface area (Å²) in [6.07, 6.45) is 6.88. The molecule has 0 aliphatic heterocycles. The van der Waals surface area contributed by atoms with Crippen molar-refractivity contribution in [1.29, 1.82) is 0 Å². The van der Waals surface area contributed by atoms with Crippen LogP contribution in [0.2, 0.25) is 0 Å². The molecule has 4 nitrogen and oxygen atoms in total.